The first-order chi connectivity index (χ1) is 13.4. The fourth-order valence-corrected chi connectivity index (χ4v) is 5.17. The minimum Gasteiger partial charge on any atom is -0.322 e. The van der Waals surface area contributed by atoms with E-state index < -0.39 is 28.3 Å². The van der Waals surface area contributed by atoms with Crippen molar-refractivity contribution in [3.63, 3.8) is 0 Å². The molecule has 0 bridgehead atoms. The van der Waals surface area contributed by atoms with Gasteiger partial charge in [-0.05, 0) is 36.4 Å². The zero-order valence-corrected chi connectivity index (χ0v) is 16.8. The number of nitrogens with zero attached hydrogens (tertiary/aromatic N) is 1. The normalized spacial score (nSPS) is 14.1. The van der Waals surface area contributed by atoms with Crippen LogP contribution in [0.15, 0.2) is 76.1 Å². The van der Waals surface area contributed by atoms with E-state index in [0.29, 0.717) is 16.8 Å². The van der Waals surface area contributed by atoms with Gasteiger partial charge in [-0.1, -0.05) is 46.3 Å². The molecule has 142 valence electrons. The van der Waals surface area contributed by atoms with Gasteiger partial charge in [-0.3, -0.25) is 9.10 Å². The summed E-state index contributed by atoms with van der Waals surface area (Å²) in [4.78, 5) is 12.6. The Morgan fingerprint density at radius 1 is 1.00 bits per heavy atom. The highest BCUT2D eigenvalue weighted by molar-refractivity contribution is 9.10. The minimum atomic E-state index is -3.94. The van der Waals surface area contributed by atoms with Crippen molar-refractivity contribution in [2.75, 3.05) is 16.2 Å². The molecule has 1 heterocycles. The van der Waals surface area contributed by atoms with Gasteiger partial charge in [0, 0.05) is 15.6 Å². The van der Waals surface area contributed by atoms with Crippen molar-refractivity contribution in [3.05, 3.63) is 77.0 Å². The Bertz CT molecular complexity index is 1200. The molecular weight excluding hydrogens is 447 g/mol. The molecule has 5 nitrogen and oxygen atoms in total. The molecular formula is C20H14BrFN2O3S. The Kier molecular flexibility index (Phi) is 4.68. The third-order valence-corrected chi connectivity index (χ3v) is 6.72. The van der Waals surface area contributed by atoms with Crippen LogP contribution in [0.3, 0.4) is 0 Å². The van der Waals surface area contributed by atoms with Crippen LogP contribution in [0, 0.1) is 5.82 Å². The molecule has 1 aliphatic rings. The molecule has 0 spiro atoms. The maximum atomic E-state index is 13.8. The second-order valence-electron chi connectivity index (χ2n) is 6.20. The molecule has 1 aliphatic heterocycles. The topological polar surface area (TPSA) is 66.5 Å². The number of nitrogens with one attached hydrogen (secondary N) is 1. The number of anilines is 2. The molecule has 0 saturated heterocycles. The van der Waals surface area contributed by atoms with Crippen LogP contribution in [0.2, 0.25) is 0 Å². The number of fused-ring (bicyclic) bond motifs is 3. The summed E-state index contributed by atoms with van der Waals surface area (Å²) in [5.41, 5.74) is 1.66. The summed E-state index contributed by atoms with van der Waals surface area (Å²) in [7, 11) is -3.94. The Morgan fingerprint density at radius 2 is 1.71 bits per heavy atom. The van der Waals surface area contributed by atoms with Gasteiger partial charge in [-0.25, -0.2) is 12.8 Å². The van der Waals surface area contributed by atoms with E-state index >= 15 is 0 Å². The highest BCUT2D eigenvalue weighted by atomic mass is 79.9. The molecule has 0 aliphatic carbocycles. The van der Waals surface area contributed by atoms with Crippen LogP contribution in [0.25, 0.3) is 11.1 Å². The number of amides is 1. The smallest absolute Gasteiger partial charge is 0.265 e. The van der Waals surface area contributed by atoms with Gasteiger partial charge in [0.1, 0.15) is 12.4 Å². The van der Waals surface area contributed by atoms with Crippen molar-refractivity contribution in [2.45, 2.75) is 4.90 Å². The number of carbonyl (C=O) groups is 1. The van der Waals surface area contributed by atoms with Gasteiger partial charge in [0.25, 0.3) is 10.0 Å². The van der Waals surface area contributed by atoms with Crippen LogP contribution in [-0.4, -0.2) is 20.9 Å². The van der Waals surface area contributed by atoms with Crippen LogP contribution in [0.4, 0.5) is 15.8 Å². The second-order valence-corrected chi connectivity index (χ2v) is 8.94. The van der Waals surface area contributed by atoms with Crippen LogP contribution in [-0.2, 0) is 14.8 Å². The predicted octanol–water partition coefficient (Wildman–Crippen LogP) is 4.40. The van der Waals surface area contributed by atoms with E-state index in [-0.39, 0.29) is 10.6 Å². The number of carbonyl (C=O) groups excluding carboxylic acids is 1. The lowest BCUT2D eigenvalue weighted by molar-refractivity contribution is -0.114. The molecule has 0 atom stereocenters. The number of rotatable bonds is 3. The van der Waals surface area contributed by atoms with E-state index in [0.717, 1.165) is 8.78 Å². The average Bonchev–Trinajstić information content (AvgIpc) is 2.67. The van der Waals surface area contributed by atoms with Crippen LogP contribution < -0.4 is 9.62 Å². The van der Waals surface area contributed by atoms with Gasteiger partial charge in [0.15, 0.2) is 0 Å². The van der Waals surface area contributed by atoms with Gasteiger partial charge in [-0.2, -0.15) is 0 Å². The number of para-hydroxylation sites is 1. The van der Waals surface area contributed by atoms with E-state index in [9.17, 15) is 17.6 Å². The first-order valence-corrected chi connectivity index (χ1v) is 10.6. The lowest BCUT2D eigenvalue weighted by Gasteiger charge is -2.31. The first-order valence-electron chi connectivity index (χ1n) is 8.34. The highest BCUT2D eigenvalue weighted by Crippen LogP contribution is 2.43. The van der Waals surface area contributed by atoms with E-state index in [1.165, 1.54) is 24.3 Å². The van der Waals surface area contributed by atoms with Gasteiger partial charge in [0.05, 0.1) is 16.3 Å². The molecule has 0 fully saturated rings. The third-order valence-electron chi connectivity index (χ3n) is 4.41. The monoisotopic (exact) mass is 460 g/mol. The zero-order valence-electron chi connectivity index (χ0n) is 14.4. The number of hydrogen-bond donors (Lipinski definition) is 1. The van der Waals surface area contributed by atoms with E-state index in [2.05, 4.69) is 21.2 Å². The maximum absolute atomic E-state index is 13.8. The quantitative estimate of drug-likeness (QED) is 0.629. The summed E-state index contributed by atoms with van der Waals surface area (Å²) >= 11 is 3.40. The highest BCUT2D eigenvalue weighted by Gasteiger charge is 2.36. The van der Waals surface area contributed by atoms with Crippen molar-refractivity contribution in [3.8, 4) is 11.1 Å². The fourth-order valence-electron chi connectivity index (χ4n) is 3.16. The number of sulfonamides is 1. The van der Waals surface area contributed by atoms with E-state index in [1.54, 1.807) is 36.4 Å². The molecule has 0 saturated carbocycles. The lowest BCUT2D eigenvalue weighted by Crippen LogP contribution is -2.40. The van der Waals surface area contributed by atoms with Crippen molar-refractivity contribution >= 4 is 43.2 Å². The summed E-state index contributed by atoms with van der Waals surface area (Å²) in [5.74, 6) is -1.23. The fraction of sp³-hybridized carbons (Fsp3) is 0.0500. The van der Waals surface area contributed by atoms with E-state index in [4.69, 9.17) is 0 Å². The van der Waals surface area contributed by atoms with Gasteiger partial charge >= 0.3 is 0 Å². The van der Waals surface area contributed by atoms with Gasteiger partial charge < -0.3 is 5.32 Å². The summed E-state index contributed by atoms with van der Waals surface area (Å²) in [6.45, 7) is -0.473. The molecule has 3 aromatic carbocycles. The average molecular weight is 461 g/mol. The van der Waals surface area contributed by atoms with Crippen molar-refractivity contribution < 1.29 is 17.6 Å². The lowest BCUT2D eigenvalue weighted by atomic mass is 10.0. The first kappa shape index (κ1) is 18.6. The number of hydrogen-bond acceptors (Lipinski definition) is 3. The van der Waals surface area contributed by atoms with Crippen molar-refractivity contribution in [2.24, 2.45) is 0 Å². The SMILES string of the molecule is O=C(CN1c2ccc(Br)cc2-c2ccccc2S1(=O)=O)Nc1ccccc1F. The van der Waals surface area contributed by atoms with E-state index in [1.807, 2.05) is 6.07 Å². The van der Waals surface area contributed by atoms with Crippen LogP contribution >= 0.6 is 15.9 Å². The van der Waals surface area contributed by atoms with Crippen molar-refractivity contribution in [1.82, 2.24) is 0 Å². The molecule has 0 unspecified atom stereocenters. The molecule has 0 radical (unpaired) electrons. The molecule has 4 rings (SSSR count). The molecule has 3 aromatic rings. The molecule has 1 N–H and O–H groups in total. The number of halogens is 2. The summed E-state index contributed by atoms with van der Waals surface area (Å²) in [6, 6.07) is 17.5. The number of benzene rings is 3. The Balaban J connectivity index is 1.75. The Labute approximate surface area is 170 Å². The zero-order chi connectivity index (χ0) is 19.9. The largest absolute Gasteiger partial charge is 0.322 e. The summed E-state index contributed by atoms with van der Waals surface area (Å²) in [5, 5.41) is 2.43. The van der Waals surface area contributed by atoms with Crippen LogP contribution in [0.5, 0.6) is 0 Å². The Morgan fingerprint density at radius 3 is 2.50 bits per heavy atom. The second kappa shape index (κ2) is 7.03. The van der Waals surface area contributed by atoms with Gasteiger partial charge in [0.2, 0.25) is 5.91 Å². The minimum absolute atomic E-state index is 0.00154. The summed E-state index contributed by atoms with van der Waals surface area (Å²) < 4.78 is 42.0. The Hall–Kier alpha value is -2.71. The molecule has 0 aromatic heterocycles. The summed E-state index contributed by atoms with van der Waals surface area (Å²) in [6.07, 6.45) is 0. The maximum Gasteiger partial charge on any atom is 0.265 e. The third kappa shape index (κ3) is 3.18. The molecule has 8 heteroatoms. The standard InChI is InChI=1S/C20H14BrFN2O3S/c21-13-9-10-18-15(11-13)14-5-1-4-8-19(14)28(26,27)24(18)12-20(25)23-17-7-3-2-6-16(17)22/h1-11H,12H2,(H,23,25). The van der Waals surface area contributed by atoms with Crippen LogP contribution in [0.1, 0.15) is 0 Å². The van der Waals surface area contributed by atoms with Crippen molar-refractivity contribution in [1.29, 1.82) is 0 Å². The molecule has 1 amide bonds. The predicted molar refractivity (Wildman–Crippen MR) is 109 cm³/mol. The molecule has 28 heavy (non-hydrogen) atoms. The van der Waals surface area contributed by atoms with Gasteiger partial charge in [-0.15, -0.1) is 0 Å².